The smallest absolute Gasteiger partial charge is 0.367 e. The summed E-state index contributed by atoms with van der Waals surface area (Å²) in [7, 11) is 1.18. The van der Waals surface area contributed by atoms with Crippen LogP contribution in [-0.4, -0.2) is 29.1 Å². The maximum absolute atomic E-state index is 12.8. The highest BCUT2D eigenvalue weighted by molar-refractivity contribution is 7.17. The maximum Gasteiger partial charge on any atom is 0.367 e. The van der Waals surface area contributed by atoms with Gasteiger partial charge in [0.1, 0.15) is 5.82 Å². The van der Waals surface area contributed by atoms with E-state index < -0.39 is 17.8 Å². The molecule has 1 heterocycles. The minimum Gasteiger partial charge on any atom is -0.476 e. The third-order valence-electron chi connectivity index (χ3n) is 2.30. The molecule has 0 bridgehead atoms. The van der Waals surface area contributed by atoms with E-state index >= 15 is 0 Å². The van der Waals surface area contributed by atoms with Crippen LogP contribution < -0.4 is 0 Å². The Morgan fingerprint density at radius 1 is 1.32 bits per heavy atom. The van der Waals surface area contributed by atoms with Crippen LogP contribution in [0.15, 0.2) is 24.3 Å². The third-order valence-corrected chi connectivity index (χ3v) is 3.38. The van der Waals surface area contributed by atoms with Gasteiger partial charge in [-0.2, -0.15) is 0 Å². The van der Waals surface area contributed by atoms with E-state index in [-0.39, 0.29) is 15.6 Å². The van der Waals surface area contributed by atoms with Crippen molar-refractivity contribution >= 4 is 23.3 Å². The van der Waals surface area contributed by atoms with Gasteiger partial charge >= 0.3 is 11.9 Å². The number of esters is 1. The molecule has 1 N–H and O–H groups in total. The molecule has 0 aliphatic heterocycles. The molecule has 1 aromatic carbocycles. The lowest BCUT2D eigenvalue weighted by Crippen LogP contribution is -2.03. The minimum atomic E-state index is -1.26. The Labute approximate surface area is 111 Å². The van der Waals surface area contributed by atoms with Gasteiger partial charge in [0, 0.05) is 0 Å². The fourth-order valence-electron chi connectivity index (χ4n) is 1.44. The topological polar surface area (TPSA) is 76.5 Å². The number of benzene rings is 1. The van der Waals surface area contributed by atoms with Crippen LogP contribution in [0.5, 0.6) is 0 Å². The molecule has 0 amide bonds. The Kier molecular flexibility index (Phi) is 3.57. The van der Waals surface area contributed by atoms with E-state index in [9.17, 15) is 14.0 Å². The first-order valence-electron chi connectivity index (χ1n) is 5.11. The molecule has 0 atom stereocenters. The fraction of sp³-hybridized carbons (Fsp3) is 0.0833. The Balaban J connectivity index is 2.54. The Bertz CT molecular complexity index is 636. The molecule has 1 aromatic heterocycles. The standard InChI is InChI=1S/C12H8FNO4S/c1-18-12(17)10-14-8(11(15)16)9(19-10)6-2-4-7(13)5-3-6/h2-5H,1H3,(H,15,16). The predicted octanol–water partition coefficient (Wildman–Crippen LogP) is 2.43. The summed E-state index contributed by atoms with van der Waals surface area (Å²) in [5.74, 6) is -2.40. The van der Waals surface area contributed by atoms with E-state index in [4.69, 9.17) is 5.11 Å². The van der Waals surface area contributed by atoms with Gasteiger partial charge in [-0.1, -0.05) is 12.1 Å². The number of hydrogen-bond donors (Lipinski definition) is 1. The average Bonchev–Trinajstić information content (AvgIpc) is 2.84. The number of carboxylic acids is 1. The summed E-state index contributed by atoms with van der Waals surface area (Å²) in [5.41, 5.74) is 0.225. The number of thiazole rings is 1. The van der Waals surface area contributed by atoms with E-state index in [1.807, 2.05) is 0 Å². The summed E-state index contributed by atoms with van der Waals surface area (Å²) >= 11 is 0.891. The summed E-state index contributed by atoms with van der Waals surface area (Å²) in [6.07, 6.45) is 0. The molecule has 98 valence electrons. The van der Waals surface area contributed by atoms with Crippen molar-refractivity contribution in [3.05, 3.63) is 40.8 Å². The SMILES string of the molecule is COC(=O)c1nc(C(=O)O)c(-c2ccc(F)cc2)s1. The van der Waals surface area contributed by atoms with E-state index in [2.05, 4.69) is 9.72 Å². The van der Waals surface area contributed by atoms with Crippen LogP contribution in [0.3, 0.4) is 0 Å². The highest BCUT2D eigenvalue weighted by Crippen LogP contribution is 2.31. The predicted molar refractivity (Wildman–Crippen MR) is 65.8 cm³/mol. The highest BCUT2D eigenvalue weighted by atomic mass is 32.1. The van der Waals surface area contributed by atoms with Crippen molar-refractivity contribution in [1.82, 2.24) is 4.98 Å². The largest absolute Gasteiger partial charge is 0.476 e. The molecule has 0 radical (unpaired) electrons. The van der Waals surface area contributed by atoms with Crippen LogP contribution >= 0.6 is 11.3 Å². The van der Waals surface area contributed by atoms with Gasteiger partial charge in [0.05, 0.1) is 12.0 Å². The molecule has 0 spiro atoms. The number of aromatic carboxylic acids is 1. The number of carbonyl (C=O) groups excluding carboxylic acids is 1. The van der Waals surface area contributed by atoms with E-state index in [0.717, 1.165) is 11.3 Å². The number of rotatable bonds is 3. The Morgan fingerprint density at radius 2 is 1.95 bits per heavy atom. The van der Waals surface area contributed by atoms with Gasteiger partial charge in [-0.15, -0.1) is 11.3 Å². The molecule has 0 aliphatic rings. The number of ether oxygens (including phenoxy) is 1. The van der Waals surface area contributed by atoms with Gasteiger partial charge in [-0.05, 0) is 17.7 Å². The minimum absolute atomic E-state index is 0.0563. The van der Waals surface area contributed by atoms with Gasteiger partial charge < -0.3 is 9.84 Å². The van der Waals surface area contributed by atoms with Crippen molar-refractivity contribution in [3.8, 4) is 10.4 Å². The van der Waals surface area contributed by atoms with Crippen LogP contribution in [0.1, 0.15) is 20.3 Å². The van der Waals surface area contributed by atoms with Gasteiger partial charge in [-0.25, -0.2) is 19.0 Å². The fourth-order valence-corrected chi connectivity index (χ4v) is 2.42. The van der Waals surface area contributed by atoms with Gasteiger partial charge in [0.15, 0.2) is 5.69 Å². The molecule has 2 aromatic rings. The number of halogens is 1. The van der Waals surface area contributed by atoms with Gasteiger partial charge in [-0.3, -0.25) is 0 Å². The normalized spacial score (nSPS) is 10.2. The molecule has 0 unspecified atom stereocenters. The number of nitrogens with zero attached hydrogens (tertiary/aromatic N) is 1. The van der Waals surface area contributed by atoms with E-state index in [0.29, 0.717) is 5.56 Å². The molecule has 0 fully saturated rings. The molecule has 2 rings (SSSR count). The number of carboxylic acid groups (broad SMARTS) is 1. The number of hydrogen-bond acceptors (Lipinski definition) is 5. The zero-order valence-corrected chi connectivity index (χ0v) is 10.5. The lowest BCUT2D eigenvalue weighted by Gasteiger charge is -1.98. The van der Waals surface area contributed by atoms with Gasteiger partial charge in [0.2, 0.25) is 5.01 Å². The first-order valence-corrected chi connectivity index (χ1v) is 5.93. The van der Waals surface area contributed by atoms with Crippen LogP contribution in [0.25, 0.3) is 10.4 Å². The molecule has 0 saturated heterocycles. The first-order chi connectivity index (χ1) is 9.02. The van der Waals surface area contributed by atoms with Crippen molar-refractivity contribution in [3.63, 3.8) is 0 Å². The van der Waals surface area contributed by atoms with Crippen molar-refractivity contribution in [2.45, 2.75) is 0 Å². The van der Waals surface area contributed by atoms with E-state index in [1.165, 1.54) is 31.4 Å². The first kappa shape index (κ1) is 13.2. The number of methoxy groups -OCH3 is 1. The second-order valence-electron chi connectivity index (χ2n) is 3.50. The highest BCUT2D eigenvalue weighted by Gasteiger charge is 2.22. The van der Waals surface area contributed by atoms with Gasteiger partial charge in [0.25, 0.3) is 0 Å². The second kappa shape index (κ2) is 5.15. The van der Waals surface area contributed by atoms with Crippen LogP contribution in [0.2, 0.25) is 0 Å². The third kappa shape index (κ3) is 2.60. The quantitative estimate of drug-likeness (QED) is 0.874. The summed E-state index contributed by atoms with van der Waals surface area (Å²) in [4.78, 5) is 26.5. The summed E-state index contributed by atoms with van der Waals surface area (Å²) in [6, 6.07) is 5.27. The molecule has 19 heavy (non-hydrogen) atoms. The van der Waals surface area contributed by atoms with E-state index in [1.54, 1.807) is 0 Å². The molecular weight excluding hydrogens is 273 g/mol. The zero-order valence-electron chi connectivity index (χ0n) is 9.71. The molecule has 7 heteroatoms. The zero-order chi connectivity index (χ0) is 14.0. The molecule has 0 aliphatic carbocycles. The summed E-state index contributed by atoms with van der Waals surface area (Å²) < 4.78 is 17.3. The second-order valence-corrected chi connectivity index (χ2v) is 4.50. The lowest BCUT2D eigenvalue weighted by atomic mass is 10.1. The average molecular weight is 281 g/mol. The van der Waals surface area contributed by atoms with Crippen LogP contribution in [0, 0.1) is 5.82 Å². The number of aromatic nitrogens is 1. The lowest BCUT2D eigenvalue weighted by molar-refractivity contribution is 0.0600. The summed E-state index contributed by atoms with van der Waals surface area (Å²) in [5, 5.41) is 9.01. The van der Waals surface area contributed by atoms with Crippen molar-refractivity contribution in [1.29, 1.82) is 0 Å². The summed E-state index contributed by atoms with van der Waals surface area (Å²) in [6.45, 7) is 0. The van der Waals surface area contributed by atoms with Crippen molar-refractivity contribution in [2.24, 2.45) is 0 Å². The number of carbonyl (C=O) groups is 2. The van der Waals surface area contributed by atoms with Crippen molar-refractivity contribution in [2.75, 3.05) is 7.11 Å². The molecular formula is C12H8FNO4S. The Morgan fingerprint density at radius 3 is 2.47 bits per heavy atom. The van der Waals surface area contributed by atoms with Crippen LogP contribution in [-0.2, 0) is 4.74 Å². The van der Waals surface area contributed by atoms with Crippen LogP contribution in [0.4, 0.5) is 4.39 Å². The monoisotopic (exact) mass is 281 g/mol. The van der Waals surface area contributed by atoms with Crippen molar-refractivity contribution < 1.29 is 23.8 Å². The molecule has 0 saturated carbocycles. The molecule has 5 nitrogen and oxygen atoms in total. The maximum atomic E-state index is 12.8. The Hall–Kier alpha value is -2.28.